The Bertz CT molecular complexity index is 964. The summed E-state index contributed by atoms with van der Waals surface area (Å²) < 4.78 is 76.0. The van der Waals surface area contributed by atoms with Crippen LogP contribution in [-0.2, 0) is 19.0 Å². The van der Waals surface area contributed by atoms with E-state index >= 15 is 0 Å². The second kappa shape index (κ2) is 10.2. The smallest absolute Gasteiger partial charge is 0.484 e. The van der Waals surface area contributed by atoms with Crippen LogP contribution in [0.3, 0.4) is 0 Å². The molecule has 4 rings (SSSR count). The monoisotopic (exact) mass is 489 g/mol. The van der Waals surface area contributed by atoms with E-state index in [2.05, 4.69) is 20.3 Å². The van der Waals surface area contributed by atoms with Crippen molar-refractivity contribution in [1.82, 2.24) is 15.5 Å². The third-order valence-corrected chi connectivity index (χ3v) is 5.68. The van der Waals surface area contributed by atoms with E-state index in [1.807, 2.05) is 0 Å². The van der Waals surface area contributed by atoms with Gasteiger partial charge in [0.2, 0.25) is 11.8 Å². The molecule has 1 aliphatic carbocycles. The highest BCUT2D eigenvalue weighted by molar-refractivity contribution is 5.78. The minimum Gasteiger partial charge on any atom is -0.484 e. The molecule has 186 valence electrons. The van der Waals surface area contributed by atoms with Gasteiger partial charge < -0.3 is 23.9 Å². The Morgan fingerprint density at radius 2 is 1.85 bits per heavy atom. The molecular weight excluding hydrogens is 466 g/mol. The Hall–Kier alpha value is -2.77. The number of hydrogen-bond donors (Lipinski definition) is 1. The van der Waals surface area contributed by atoms with E-state index < -0.39 is 42.4 Å². The van der Waals surface area contributed by atoms with Crippen LogP contribution in [0.1, 0.15) is 43.1 Å². The van der Waals surface area contributed by atoms with E-state index in [0.29, 0.717) is 12.2 Å². The fourth-order valence-electron chi connectivity index (χ4n) is 3.86. The Morgan fingerprint density at radius 3 is 2.53 bits per heavy atom. The fourth-order valence-corrected chi connectivity index (χ4v) is 3.86. The first-order valence-electron chi connectivity index (χ1n) is 10.6. The number of nitrogens with zero attached hydrogens (tertiary/aromatic N) is 2. The van der Waals surface area contributed by atoms with Gasteiger partial charge in [-0.2, -0.15) is 0 Å². The summed E-state index contributed by atoms with van der Waals surface area (Å²) in [5.41, 5.74) is 0. The summed E-state index contributed by atoms with van der Waals surface area (Å²) in [6, 6.07) is 4.83. The van der Waals surface area contributed by atoms with Gasteiger partial charge in [0.05, 0.1) is 24.9 Å². The van der Waals surface area contributed by atoms with Crippen molar-refractivity contribution >= 4 is 5.91 Å². The van der Waals surface area contributed by atoms with Gasteiger partial charge in [0, 0.05) is 19.4 Å². The molecule has 34 heavy (non-hydrogen) atoms. The molecule has 1 saturated carbocycles. The lowest BCUT2D eigenvalue weighted by Crippen LogP contribution is -2.51. The lowest BCUT2D eigenvalue weighted by molar-refractivity contribution is -0.352. The number of hydrogen-bond acceptors (Lipinski definition) is 8. The topological polar surface area (TPSA) is 105 Å². The molecule has 2 fully saturated rings. The van der Waals surface area contributed by atoms with Crippen LogP contribution in [-0.4, -0.2) is 61.0 Å². The molecule has 2 aliphatic rings. The van der Waals surface area contributed by atoms with E-state index in [0.717, 1.165) is 0 Å². The number of benzene rings is 1. The summed E-state index contributed by atoms with van der Waals surface area (Å²) in [5, 5.41) is 10.7. The normalized spacial score (nSPS) is 27.1. The number of alkyl halides is 3. The predicted octanol–water partition coefficient (Wildman–Crippen LogP) is 3.03. The lowest BCUT2D eigenvalue weighted by atomic mass is 9.82. The Labute approximate surface area is 191 Å². The summed E-state index contributed by atoms with van der Waals surface area (Å²) in [6.45, 7) is -0.163. The Kier molecular flexibility index (Phi) is 7.33. The van der Waals surface area contributed by atoms with Crippen LogP contribution < -0.4 is 10.1 Å². The van der Waals surface area contributed by atoms with E-state index in [1.165, 1.54) is 31.4 Å². The maximum absolute atomic E-state index is 12.9. The average molecular weight is 489 g/mol. The molecule has 1 N–H and O–H groups in total. The molecule has 2 heterocycles. The highest BCUT2D eigenvalue weighted by Gasteiger charge is 2.43. The van der Waals surface area contributed by atoms with Crippen LogP contribution in [0.25, 0.3) is 0 Å². The van der Waals surface area contributed by atoms with Crippen molar-refractivity contribution in [2.75, 3.05) is 20.3 Å². The molecule has 0 bridgehead atoms. The molecule has 9 nitrogen and oxygen atoms in total. The highest BCUT2D eigenvalue weighted by Crippen LogP contribution is 2.41. The molecule has 1 aromatic carbocycles. The minimum atomic E-state index is -4.67. The second-order valence-corrected chi connectivity index (χ2v) is 8.08. The van der Waals surface area contributed by atoms with Gasteiger partial charge in [-0.1, -0.05) is 0 Å². The molecule has 3 atom stereocenters. The molecule has 0 spiro atoms. The van der Waals surface area contributed by atoms with Crippen LogP contribution in [0.4, 0.5) is 17.6 Å². The second-order valence-electron chi connectivity index (χ2n) is 8.08. The number of amides is 1. The molecule has 2 aromatic rings. The number of methoxy groups -OCH3 is 1. The van der Waals surface area contributed by atoms with Crippen LogP contribution in [0, 0.1) is 5.82 Å². The molecule has 1 aliphatic heterocycles. The van der Waals surface area contributed by atoms with Crippen molar-refractivity contribution in [3.63, 3.8) is 0 Å². The number of rotatable bonds is 8. The van der Waals surface area contributed by atoms with Crippen molar-refractivity contribution in [3.05, 3.63) is 41.9 Å². The van der Waals surface area contributed by atoms with E-state index in [-0.39, 0.29) is 43.8 Å². The number of ether oxygens (including phenoxy) is 4. The zero-order valence-electron chi connectivity index (χ0n) is 18.1. The van der Waals surface area contributed by atoms with E-state index in [4.69, 9.17) is 18.6 Å². The molecule has 0 unspecified atom stereocenters. The summed E-state index contributed by atoms with van der Waals surface area (Å²) >= 11 is 0. The Morgan fingerprint density at radius 1 is 1.15 bits per heavy atom. The minimum absolute atomic E-state index is 0.105. The quantitative estimate of drug-likeness (QED) is 0.565. The summed E-state index contributed by atoms with van der Waals surface area (Å²) in [6.07, 6.45) is -6.00. The molecule has 13 heteroatoms. The Balaban J connectivity index is 1.25. The highest BCUT2D eigenvalue weighted by atomic mass is 19.4. The van der Waals surface area contributed by atoms with Gasteiger partial charge in [-0.05, 0) is 37.1 Å². The van der Waals surface area contributed by atoms with Crippen LogP contribution in [0.15, 0.2) is 28.7 Å². The van der Waals surface area contributed by atoms with Crippen molar-refractivity contribution in [2.45, 2.75) is 55.9 Å². The fraction of sp³-hybridized carbons (Fsp3) is 0.571. The van der Waals surface area contributed by atoms with Crippen molar-refractivity contribution in [2.24, 2.45) is 0 Å². The van der Waals surface area contributed by atoms with Gasteiger partial charge in [-0.3, -0.25) is 9.53 Å². The van der Waals surface area contributed by atoms with Gasteiger partial charge >= 0.3 is 6.36 Å². The largest absolute Gasteiger partial charge is 0.522 e. The van der Waals surface area contributed by atoms with Crippen molar-refractivity contribution < 1.29 is 45.7 Å². The molecular formula is C21H23F4N3O6. The third-order valence-electron chi connectivity index (χ3n) is 5.68. The van der Waals surface area contributed by atoms with Gasteiger partial charge in [0.1, 0.15) is 17.7 Å². The van der Waals surface area contributed by atoms with Gasteiger partial charge in [0.15, 0.2) is 6.61 Å². The summed E-state index contributed by atoms with van der Waals surface area (Å²) in [7, 11) is 1.50. The molecule has 1 saturated heterocycles. The number of halogens is 4. The first-order chi connectivity index (χ1) is 16.2. The maximum Gasteiger partial charge on any atom is 0.522 e. The number of aromatic nitrogens is 2. The maximum atomic E-state index is 12.9. The van der Waals surface area contributed by atoms with E-state index in [1.54, 1.807) is 0 Å². The molecule has 1 aromatic heterocycles. The average Bonchev–Trinajstić information content (AvgIpc) is 3.25. The number of carbonyl (C=O) groups is 1. The lowest BCUT2D eigenvalue weighted by Gasteiger charge is -2.34. The molecule has 0 radical (unpaired) electrons. The predicted molar refractivity (Wildman–Crippen MR) is 105 cm³/mol. The first kappa shape index (κ1) is 24.4. The van der Waals surface area contributed by atoms with Gasteiger partial charge in [-0.25, -0.2) is 4.39 Å². The van der Waals surface area contributed by atoms with Crippen molar-refractivity contribution in [1.29, 1.82) is 0 Å². The molecule has 1 amide bonds. The zero-order valence-corrected chi connectivity index (χ0v) is 18.1. The number of nitrogens with one attached hydrogen (secondary N) is 1. The van der Waals surface area contributed by atoms with Crippen molar-refractivity contribution in [3.8, 4) is 5.75 Å². The standard InChI is InChI=1S/C21H23F4N3O6/c1-30-16-8-17(20-28-27-19(33-20)11-6-14(7-11)34-21(23,24)25)32-9-15(16)26-18(29)10-31-13-4-2-12(22)3-5-13/h2-5,11,14-17H,6-10H2,1H3,(H,26,29)/t11-,14+,15-,16-,17-/m0/s1. The summed E-state index contributed by atoms with van der Waals surface area (Å²) in [5.74, 6) is -0.323. The SMILES string of the molecule is CO[C@H]1C[C@@H](c2nnc([C@H]3C[C@@H](OC(F)(F)F)C3)o2)OC[C@@H]1NC(=O)COc1ccc(F)cc1. The van der Waals surface area contributed by atoms with E-state index in [9.17, 15) is 22.4 Å². The van der Waals surface area contributed by atoms with Crippen LogP contribution >= 0.6 is 0 Å². The number of carbonyl (C=O) groups excluding carboxylic acids is 1. The van der Waals surface area contributed by atoms with Crippen LogP contribution in [0.5, 0.6) is 5.75 Å². The third kappa shape index (κ3) is 6.21. The summed E-state index contributed by atoms with van der Waals surface area (Å²) in [4.78, 5) is 12.3. The zero-order chi connectivity index (χ0) is 24.3. The van der Waals surface area contributed by atoms with Gasteiger partial charge in [-0.15, -0.1) is 23.4 Å². The van der Waals surface area contributed by atoms with Gasteiger partial charge in [0.25, 0.3) is 5.91 Å². The van der Waals surface area contributed by atoms with Crippen LogP contribution in [0.2, 0.25) is 0 Å². The first-order valence-corrected chi connectivity index (χ1v) is 10.6.